The number of nitrogens with one attached hydrogen (secondary N) is 2. The van der Waals surface area contributed by atoms with E-state index >= 15 is 0 Å². The van der Waals surface area contributed by atoms with Gasteiger partial charge in [0.05, 0.1) is 15.5 Å². The van der Waals surface area contributed by atoms with Crippen molar-refractivity contribution in [2.75, 3.05) is 13.1 Å². The molecule has 0 unspecified atom stereocenters. The van der Waals surface area contributed by atoms with Crippen LogP contribution in [0.1, 0.15) is 37.2 Å². The Kier molecular flexibility index (Phi) is 7.20. The van der Waals surface area contributed by atoms with E-state index in [0.29, 0.717) is 43.0 Å². The number of halogens is 1. The molecule has 1 aliphatic heterocycles. The molecule has 0 aliphatic carbocycles. The van der Waals surface area contributed by atoms with Crippen LogP contribution < -0.4 is 15.6 Å². The number of carbonyl (C=O) groups is 2. The van der Waals surface area contributed by atoms with Crippen molar-refractivity contribution in [3.8, 4) is 6.01 Å². The van der Waals surface area contributed by atoms with Gasteiger partial charge in [-0.3, -0.25) is 14.4 Å². The first-order chi connectivity index (χ1) is 16.3. The first-order valence-electron chi connectivity index (χ1n) is 11.0. The van der Waals surface area contributed by atoms with Gasteiger partial charge in [0, 0.05) is 38.3 Å². The number of aromatic nitrogens is 4. The number of amides is 2. The van der Waals surface area contributed by atoms with Crippen molar-refractivity contribution in [3.63, 3.8) is 0 Å². The van der Waals surface area contributed by atoms with Crippen LogP contribution >= 0.6 is 15.9 Å². The summed E-state index contributed by atoms with van der Waals surface area (Å²) >= 11 is 3.29. The Morgan fingerprint density at radius 2 is 1.85 bits per heavy atom. The summed E-state index contributed by atoms with van der Waals surface area (Å²) in [5.41, 5.74) is 0.175. The summed E-state index contributed by atoms with van der Waals surface area (Å²) in [6, 6.07) is 6.47. The SMILES string of the molecule is CC(C)[C@H](NC(=O)c1nc2ccccc2[nH]c1=O)C(=O)N1CCC(Oc2ncc(Br)cn2)CC1. The smallest absolute Gasteiger partial charge is 0.316 e. The van der Waals surface area contributed by atoms with Crippen LogP contribution in [0.15, 0.2) is 45.9 Å². The maximum atomic E-state index is 13.2. The van der Waals surface area contributed by atoms with Crippen molar-refractivity contribution in [1.29, 1.82) is 0 Å². The number of nitrogens with zero attached hydrogens (tertiary/aromatic N) is 4. The summed E-state index contributed by atoms with van der Waals surface area (Å²) < 4.78 is 6.59. The predicted octanol–water partition coefficient (Wildman–Crippen LogP) is 2.30. The molecule has 1 aromatic carbocycles. The van der Waals surface area contributed by atoms with Crippen LogP contribution in [0.5, 0.6) is 6.01 Å². The van der Waals surface area contributed by atoms with Crippen LogP contribution in [0.3, 0.4) is 0 Å². The highest BCUT2D eigenvalue weighted by Crippen LogP contribution is 2.19. The summed E-state index contributed by atoms with van der Waals surface area (Å²) in [7, 11) is 0. The number of rotatable bonds is 6. The molecule has 3 heterocycles. The fraction of sp³-hybridized carbons (Fsp3) is 0.391. The van der Waals surface area contributed by atoms with Gasteiger partial charge in [-0.05, 0) is 34.0 Å². The summed E-state index contributed by atoms with van der Waals surface area (Å²) in [5.74, 6) is -1.05. The number of carbonyl (C=O) groups excluding carboxylic acids is 2. The highest BCUT2D eigenvalue weighted by atomic mass is 79.9. The van der Waals surface area contributed by atoms with Crippen LogP contribution in [0.4, 0.5) is 0 Å². The predicted molar refractivity (Wildman–Crippen MR) is 128 cm³/mol. The second-order valence-corrected chi connectivity index (χ2v) is 9.37. The first-order valence-corrected chi connectivity index (χ1v) is 11.8. The topological polar surface area (TPSA) is 130 Å². The first kappa shape index (κ1) is 23.8. The van der Waals surface area contributed by atoms with Gasteiger partial charge in [-0.1, -0.05) is 26.0 Å². The normalized spacial score (nSPS) is 15.4. The molecule has 0 spiro atoms. The van der Waals surface area contributed by atoms with E-state index < -0.39 is 17.5 Å². The third-order valence-corrected chi connectivity index (χ3v) is 6.07. The fourth-order valence-electron chi connectivity index (χ4n) is 3.81. The van der Waals surface area contributed by atoms with E-state index in [2.05, 4.69) is 41.2 Å². The highest BCUT2D eigenvalue weighted by molar-refractivity contribution is 9.10. The van der Waals surface area contributed by atoms with Crippen molar-refractivity contribution in [2.45, 2.75) is 38.8 Å². The molecule has 1 aliphatic rings. The van der Waals surface area contributed by atoms with Crippen LogP contribution in [-0.2, 0) is 4.79 Å². The Morgan fingerprint density at radius 3 is 2.53 bits per heavy atom. The van der Waals surface area contributed by atoms with Crippen molar-refractivity contribution >= 4 is 38.8 Å². The molecule has 1 saturated heterocycles. The molecule has 2 amide bonds. The van der Waals surface area contributed by atoms with Gasteiger partial charge in [-0.15, -0.1) is 0 Å². The molecular formula is C23H25BrN6O4. The average Bonchev–Trinajstić information content (AvgIpc) is 2.83. The van der Waals surface area contributed by atoms with E-state index in [-0.39, 0.29) is 23.6 Å². The van der Waals surface area contributed by atoms with Gasteiger partial charge in [-0.2, -0.15) is 0 Å². The van der Waals surface area contributed by atoms with Gasteiger partial charge in [0.2, 0.25) is 5.91 Å². The van der Waals surface area contributed by atoms with Crippen molar-refractivity contribution in [1.82, 2.24) is 30.2 Å². The monoisotopic (exact) mass is 528 g/mol. The molecule has 10 nitrogen and oxygen atoms in total. The summed E-state index contributed by atoms with van der Waals surface area (Å²) in [5, 5.41) is 2.72. The molecular weight excluding hydrogens is 504 g/mol. The lowest BCUT2D eigenvalue weighted by Crippen LogP contribution is -2.54. The zero-order chi connectivity index (χ0) is 24.2. The quantitative estimate of drug-likeness (QED) is 0.501. The van der Waals surface area contributed by atoms with Crippen molar-refractivity contribution in [2.24, 2.45) is 5.92 Å². The molecule has 178 valence electrons. The minimum absolute atomic E-state index is 0.0994. The van der Waals surface area contributed by atoms with Gasteiger partial charge >= 0.3 is 6.01 Å². The number of aromatic amines is 1. The van der Waals surface area contributed by atoms with Crippen LogP contribution in [0.25, 0.3) is 11.0 Å². The standard InChI is InChI=1S/C23H25BrN6O4/c1-13(2)18(29-21(32)19-20(31)28-17-6-4-3-5-16(17)27-19)22(33)30-9-7-15(8-10-30)34-23-25-11-14(24)12-26-23/h3-6,11-13,15,18H,7-10H2,1-2H3,(H,28,31)(H,29,32)/t18-/m0/s1. The number of ether oxygens (including phenoxy) is 1. The van der Waals surface area contributed by atoms with Crippen LogP contribution in [0, 0.1) is 5.92 Å². The largest absolute Gasteiger partial charge is 0.460 e. The number of hydrogen-bond donors (Lipinski definition) is 2. The average molecular weight is 529 g/mol. The van der Waals surface area contributed by atoms with Crippen LogP contribution in [0.2, 0.25) is 0 Å². The molecule has 11 heteroatoms. The molecule has 1 atom stereocenters. The van der Waals surface area contributed by atoms with E-state index in [1.807, 2.05) is 13.8 Å². The minimum Gasteiger partial charge on any atom is -0.460 e. The van der Waals surface area contributed by atoms with E-state index in [1.54, 1.807) is 41.6 Å². The zero-order valence-electron chi connectivity index (χ0n) is 18.8. The lowest BCUT2D eigenvalue weighted by atomic mass is 10.00. The lowest BCUT2D eigenvalue weighted by Gasteiger charge is -2.35. The van der Waals surface area contributed by atoms with Gasteiger partial charge in [0.1, 0.15) is 12.1 Å². The Balaban J connectivity index is 1.40. The number of likely N-dealkylation sites (tertiary alicyclic amines) is 1. The zero-order valence-corrected chi connectivity index (χ0v) is 20.4. The molecule has 0 saturated carbocycles. The summed E-state index contributed by atoms with van der Waals surface area (Å²) in [6.07, 6.45) is 4.38. The van der Waals surface area contributed by atoms with Gasteiger partial charge in [0.25, 0.3) is 11.5 Å². The van der Waals surface area contributed by atoms with Gasteiger partial charge in [-0.25, -0.2) is 15.0 Å². The molecule has 1 fully saturated rings. The van der Waals surface area contributed by atoms with E-state index in [1.165, 1.54) is 0 Å². The Labute approximate surface area is 204 Å². The molecule has 2 N–H and O–H groups in total. The second-order valence-electron chi connectivity index (χ2n) is 8.45. The molecule has 34 heavy (non-hydrogen) atoms. The minimum atomic E-state index is -0.785. The van der Waals surface area contributed by atoms with E-state index in [4.69, 9.17) is 4.74 Å². The lowest BCUT2D eigenvalue weighted by molar-refractivity contribution is -0.136. The Hall–Kier alpha value is -3.34. The molecule has 4 rings (SSSR count). The molecule has 0 radical (unpaired) electrons. The van der Waals surface area contributed by atoms with E-state index in [0.717, 1.165) is 4.47 Å². The summed E-state index contributed by atoms with van der Waals surface area (Å²) in [4.78, 5) is 55.4. The fourth-order valence-corrected chi connectivity index (χ4v) is 4.01. The maximum absolute atomic E-state index is 13.2. The van der Waals surface area contributed by atoms with E-state index in [9.17, 15) is 14.4 Å². The third-order valence-electron chi connectivity index (χ3n) is 5.66. The number of H-pyrrole nitrogens is 1. The molecule has 0 bridgehead atoms. The Morgan fingerprint density at radius 1 is 1.18 bits per heavy atom. The van der Waals surface area contributed by atoms with Crippen molar-refractivity contribution in [3.05, 3.63) is 57.2 Å². The number of hydrogen-bond acceptors (Lipinski definition) is 7. The number of para-hydroxylation sites is 2. The van der Waals surface area contributed by atoms with Gasteiger partial charge < -0.3 is 19.9 Å². The Bertz CT molecular complexity index is 1240. The van der Waals surface area contributed by atoms with Crippen LogP contribution in [-0.4, -0.2) is 61.9 Å². The molecule has 3 aromatic rings. The van der Waals surface area contributed by atoms with Gasteiger partial charge in [0.15, 0.2) is 5.69 Å². The second kappa shape index (κ2) is 10.3. The third kappa shape index (κ3) is 5.41. The maximum Gasteiger partial charge on any atom is 0.316 e. The number of piperidine rings is 1. The number of fused-ring (bicyclic) bond motifs is 1. The molecule has 2 aromatic heterocycles. The highest BCUT2D eigenvalue weighted by Gasteiger charge is 2.33. The summed E-state index contributed by atoms with van der Waals surface area (Å²) in [6.45, 7) is 4.66. The van der Waals surface area contributed by atoms with Crippen molar-refractivity contribution < 1.29 is 14.3 Å². The number of benzene rings is 1.